The van der Waals surface area contributed by atoms with Crippen LogP contribution in [-0.2, 0) is 47.4 Å². The Hall–Kier alpha value is -0.880. The molecular formula is C50H82O22. The number of hydrogen-bond donors (Lipinski definition) is 12. The molecule has 10 fully saturated rings. The summed E-state index contributed by atoms with van der Waals surface area (Å²) in [5, 5.41) is 129. The number of aliphatic hydroxyl groups is 12. The molecule has 72 heavy (non-hydrogen) atoms. The van der Waals surface area contributed by atoms with Crippen molar-refractivity contribution in [3.8, 4) is 0 Å². The number of fused-ring (bicyclic) bond motifs is 7. The van der Waals surface area contributed by atoms with Crippen molar-refractivity contribution in [3.05, 3.63) is 0 Å². The van der Waals surface area contributed by atoms with Crippen molar-refractivity contribution in [2.24, 2.45) is 52.3 Å². The van der Waals surface area contributed by atoms with E-state index in [2.05, 4.69) is 27.7 Å². The predicted octanol–water partition coefficient (Wildman–Crippen LogP) is -2.27. The Bertz CT molecular complexity index is 1840. The Morgan fingerprint density at radius 2 is 1.21 bits per heavy atom. The molecule has 0 aromatic carbocycles. The van der Waals surface area contributed by atoms with Gasteiger partial charge in [0.05, 0.1) is 51.8 Å². The lowest BCUT2D eigenvalue weighted by molar-refractivity contribution is -0.399. The highest BCUT2D eigenvalue weighted by Crippen LogP contribution is 2.71. The summed E-state index contributed by atoms with van der Waals surface area (Å²) in [4.78, 5) is 0. The van der Waals surface area contributed by atoms with Crippen LogP contribution >= 0.6 is 0 Å². The van der Waals surface area contributed by atoms with Crippen LogP contribution in [0.1, 0.15) is 91.9 Å². The zero-order valence-corrected chi connectivity index (χ0v) is 41.8. The first-order valence-corrected chi connectivity index (χ1v) is 26.7. The van der Waals surface area contributed by atoms with Gasteiger partial charge < -0.3 is 109 Å². The van der Waals surface area contributed by atoms with Crippen LogP contribution in [0.25, 0.3) is 0 Å². The molecule has 4 saturated carbocycles. The normalized spacial score (nSPS) is 57.7. The fourth-order valence-electron chi connectivity index (χ4n) is 15.9. The third-order valence-electron chi connectivity index (χ3n) is 20.1. The fraction of sp³-hybridized carbons (Fsp3) is 1.00. The monoisotopic (exact) mass is 1030 g/mol. The Kier molecular flexibility index (Phi) is 15.7. The van der Waals surface area contributed by atoms with Gasteiger partial charge in [-0.15, -0.1) is 0 Å². The van der Waals surface area contributed by atoms with E-state index in [-0.39, 0.29) is 22.9 Å². The van der Waals surface area contributed by atoms with E-state index in [0.717, 1.165) is 58.0 Å². The first kappa shape index (κ1) is 54.5. The van der Waals surface area contributed by atoms with Gasteiger partial charge in [0.15, 0.2) is 30.9 Å². The molecule has 0 radical (unpaired) electrons. The van der Waals surface area contributed by atoms with Crippen LogP contribution in [0.5, 0.6) is 0 Å². The molecule has 0 unspecified atom stereocenters. The van der Waals surface area contributed by atoms with E-state index in [1.165, 1.54) is 0 Å². The molecule has 10 aliphatic rings. The van der Waals surface area contributed by atoms with Crippen molar-refractivity contribution >= 4 is 0 Å². The third-order valence-corrected chi connectivity index (χ3v) is 20.1. The van der Waals surface area contributed by atoms with Crippen molar-refractivity contribution in [2.75, 3.05) is 39.6 Å². The maximum atomic E-state index is 11.8. The Morgan fingerprint density at radius 1 is 0.569 bits per heavy atom. The highest BCUT2D eigenvalue weighted by molar-refractivity contribution is 5.16. The fourth-order valence-corrected chi connectivity index (χ4v) is 15.9. The Labute approximate surface area is 419 Å². The zero-order valence-electron chi connectivity index (χ0n) is 41.8. The summed E-state index contributed by atoms with van der Waals surface area (Å²) in [6.45, 7) is 6.54. The second kappa shape index (κ2) is 20.7. The van der Waals surface area contributed by atoms with Gasteiger partial charge in [-0.1, -0.05) is 27.7 Å². The van der Waals surface area contributed by atoms with Gasteiger partial charge in [-0.05, 0) is 104 Å². The molecule has 10 rings (SSSR count). The standard InChI is InChI=1S/C50H82O22/c1-21-7-12-50(64-18-21)22(2)32-28(72-50)14-27-25-6-5-23-13-24(8-10-47(23,3)26(25)9-11-48(27,32)4)65-45-41(71-43-37(59)35(57)33(55)29(15-51)66-43)40(34(56)30(16-52)67-45)70-44-38(60)36(58)39(31(17-53)68-44)69-46-42(61)49(62,19-54)20-63-46/h21-46,51-62H,5-20H2,1-4H3/t21-,22+,23-,24+,25-,26+,27+,28+,29-,30-,31-,32+,33-,34+,35+,36-,37-,38-,39-,40+,41-,42+,43+,44+,45-,46+,47+,48+,49-,50-/m1/s1. The quantitative estimate of drug-likeness (QED) is 0.0918. The largest absolute Gasteiger partial charge is 0.394 e. The summed E-state index contributed by atoms with van der Waals surface area (Å²) < 4.78 is 61.9. The second-order valence-electron chi connectivity index (χ2n) is 24.0. The first-order chi connectivity index (χ1) is 34.2. The summed E-state index contributed by atoms with van der Waals surface area (Å²) in [6.07, 6.45) is -19.6. The molecule has 414 valence electrons. The minimum Gasteiger partial charge on any atom is -0.394 e. The molecule has 0 bridgehead atoms. The van der Waals surface area contributed by atoms with Gasteiger partial charge in [-0.3, -0.25) is 0 Å². The van der Waals surface area contributed by atoms with Crippen LogP contribution in [0.2, 0.25) is 0 Å². The molecular weight excluding hydrogens is 953 g/mol. The molecule has 6 heterocycles. The van der Waals surface area contributed by atoms with Gasteiger partial charge in [0, 0.05) is 12.3 Å². The van der Waals surface area contributed by atoms with Gasteiger partial charge >= 0.3 is 0 Å². The predicted molar refractivity (Wildman–Crippen MR) is 242 cm³/mol. The van der Waals surface area contributed by atoms with Crippen molar-refractivity contribution < 1.29 is 109 Å². The van der Waals surface area contributed by atoms with Crippen LogP contribution in [0, 0.1) is 52.3 Å². The number of hydrogen-bond acceptors (Lipinski definition) is 22. The van der Waals surface area contributed by atoms with Gasteiger partial charge in [0.25, 0.3) is 0 Å². The molecule has 4 aliphatic carbocycles. The summed E-state index contributed by atoms with van der Waals surface area (Å²) in [7, 11) is 0. The molecule has 6 saturated heterocycles. The average Bonchev–Trinajstić information content (AvgIpc) is 3.94. The molecule has 22 heteroatoms. The highest BCUT2D eigenvalue weighted by atomic mass is 16.8. The van der Waals surface area contributed by atoms with E-state index >= 15 is 0 Å². The van der Waals surface area contributed by atoms with E-state index < -0.39 is 155 Å². The Balaban J connectivity index is 0.859. The lowest BCUT2D eigenvalue weighted by Crippen LogP contribution is -2.68. The van der Waals surface area contributed by atoms with Crippen molar-refractivity contribution in [3.63, 3.8) is 0 Å². The van der Waals surface area contributed by atoms with E-state index in [1.807, 2.05) is 0 Å². The topological polar surface area (TPSA) is 335 Å². The number of ether oxygens (including phenoxy) is 10. The molecule has 0 aromatic rings. The average molecular weight is 1040 g/mol. The van der Waals surface area contributed by atoms with E-state index in [1.54, 1.807) is 0 Å². The van der Waals surface area contributed by atoms with Gasteiger partial charge in [-0.2, -0.15) is 0 Å². The SMILES string of the molecule is C[C@@H]1CC[C@@]2(OC1)O[C@H]1C[C@H]3[C@@H]4CC[C@@H]5C[C@@H](O[C@@H]6O[C@H](CO)[C@H](O)[C@H](O[C@@H]7O[C@H](CO)[C@@H](O[C@@H]8OC[C@](O)(CO)[C@H]8O)[C@H](O)[C@H]7O)[C@H]6O[C@@H]6O[C@H](CO)[C@@H](O)[C@H](O)[C@H]6O)CC[C@]5(C)[C@H]4CC[C@]3(C)[C@H]1[C@@H]2C. The van der Waals surface area contributed by atoms with Crippen LogP contribution in [0.3, 0.4) is 0 Å². The molecule has 1 spiro atoms. The summed E-state index contributed by atoms with van der Waals surface area (Å²) >= 11 is 0. The third kappa shape index (κ3) is 9.06. The molecule has 22 nitrogen and oxygen atoms in total. The maximum Gasteiger partial charge on any atom is 0.187 e. The highest BCUT2D eigenvalue weighted by Gasteiger charge is 2.69. The maximum absolute atomic E-state index is 11.8. The molecule has 0 amide bonds. The van der Waals surface area contributed by atoms with Crippen molar-refractivity contribution in [1.82, 2.24) is 0 Å². The number of aliphatic hydroxyl groups excluding tert-OH is 11. The second-order valence-corrected chi connectivity index (χ2v) is 24.0. The van der Waals surface area contributed by atoms with E-state index in [0.29, 0.717) is 48.3 Å². The summed E-state index contributed by atoms with van der Waals surface area (Å²) in [5.74, 6) is 2.76. The summed E-state index contributed by atoms with van der Waals surface area (Å²) in [6, 6.07) is 0. The van der Waals surface area contributed by atoms with Crippen LogP contribution < -0.4 is 0 Å². The Morgan fingerprint density at radius 3 is 1.88 bits per heavy atom. The van der Waals surface area contributed by atoms with Crippen molar-refractivity contribution in [2.45, 2.75) is 220 Å². The van der Waals surface area contributed by atoms with E-state index in [4.69, 9.17) is 47.4 Å². The first-order valence-electron chi connectivity index (χ1n) is 26.7. The minimum atomic E-state index is -2.09. The molecule has 0 aromatic heterocycles. The lowest BCUT2D eigenvalue weighted by atomic mass is 9.44. The molecule has 6 aliphatic heterocycles. The minimum absolute atomic E-state index is 0.0232. The van der Waals surface area contributed by atoms with Gasteiger partial charge in [-0.25, -0.2) is 0 Å². The van der Waals surface area contributed by atoms with Gasteiger partial charge in [0.1, 0.15) is 85.0 Å². The van der Waals surface area contributed by atoms with E-state index in [9.17, 15) is 61.3 Å². The van der Waals surface area contributed by atoms with Crippen LogP contribution in [0.4, 0.5) is 0 Å². The van der Waals surface area contributed by atoms with Crippen molar-refractivity contribution in [1.29, 1.82) is 0 Å². The lowest BCUT2D eigenvalue weighted by Gasteiger charge is -2.61. The van der Waals surface area contributed by atoms with Crippen LogP contribution in [-0.4, -0.2) is 229 Å². The van der Waals surface area contributed by atoms with Gasteiger partial charge in [0.2, 0.25) is 0 Å². The summed E-state index contributed by atoms with van der Waals surface area (Å²) in [5.41, 5.74) is -1.90. The molecule has 12 N–H and O–H groups in total. The zero-order chi connectivity index (χ0) is 51.4. The molecule has 30 atom stereocenters. The smallest absolute Gasteiger partial charge is 0.187 e. The number of rotatable bonds is 12. The van der Waals surface area contributed by atoms with Crippen LogP contribution in [0.15, 0.2) is 0 Å².